The number of nitrogens with zero attached hydrogens (tertiary/aromatic N) is 3. The molecule has 0 heterocycles. The molecule has 0 atom stereocenters. The summed E-state index contributed by atoms with van der Waals surface area (Å²) in [5, 5.41) is 0. The van der Waals surface area contributed by atoms with Crippen LogP contribution in [0.1, 0.15) is 36.0 Å². The molecule has 1 saturated carbocycles. The van der Waals surface area contributed by atoms with E-state index in [1.807, 2.05) is 11.9 Å². The number of hydrogen-bond donors (Lipinski definition) is 0. The molecule has 0 radical (unpaired) electrons. The average Bonchev–Trinajstić information content (AvgIpc) is 3.07. The first-order valence-corrected chi connectivity index (χ1v) is 9.18. The lowest BCUT2D eigenvalue weighted by Crippen LogP contribution is -2.37. The van der Waals surface area contributed by atoms with Crippen molar-refractivity contribution in [3.05, 3.63) is 29.8 Å². The number of anilines is 1. The molecule has 1 aromatic rings. The van der Waals surface area contributed by atoms with Crippen LogP contribution in [0.2, 0.25) is 0 Å². The molecule has 6 nitrogen and oxygen atoms in total. The van der Waals surface area contributed by atoms with Crippen LogP contribution in [0.3, 0.4) is 0 Å². The van der Waals surface area contributed by atoms with Crippen molar-refractivity contribution in [3.8, 4) is 0 Å². The predicted octanol–water partition coefficient (Wildman–Crippen LogP) is 1.94. The standard InChI is InChI=1S/C16H25N3O3S/c1-17(2)23(21,22)19(4)15-11-9-13(10-12-15)16(20)18(3)14-7-5-6-8-14/h9-12,14H,5-8H2,1-4H3. The van der Waals surface area contributed by atoms with Crippen molar-refractivity contribution in [1.29, 1.82) is 0 Å². The Kier molecular flexibility index (Phi) is 5.31. The van der Waals surface area contributed by atoms with Crippen LogP contribution >= 0.6 is 0 Å². The molecule has 0 bridgehead atoms. The van der Waals surface area contributed by atoms with Gasteiger partial charge >= 0.3 is 10.2 Å². The summed E-state index contributed by atoms with van der Waals surface area (Å²) in [7, 11) is 2.79. The molecule has 1 aliphatic carbocycles. The smallest absolute Gasteiger partial charge is 0.303 e. The number of carbonyl (C=O) groups is 1. The summed E-state index contributed by atoms with van der Waals surface area (Å²) in [6.45, 7) is 0. The second-order valence-electron chi connectivity index (χ2n) is 6.16. The minimum atomic E-state index is -3.52. The average molecular weight is 339 g/mol. The van der Waals surface area contributed by atoms with Crippen LogP contribution in [0, 0.1) is 0 Å². The van der Waals surface area contributed by atoms with Gasteiger partial charge < -0.3 is 4.90 Å². The summed E-state index contributed by atoms with van der Waals surface area (Å²) >= 11 is 0. The molecule has 23 heavy (non-hydrogen) atoms. The van der Waals surface area contributed by atoms with E-state index in [4.69, 9.17) is 0 Å². The van der Waals surface area contributed by atoms with Crippen LogP contribution in [0.5, 0.6) is 0 Å². The topological polar surface area (TPSA) is 60.9 Å². The van der Waals surface area contributed by atoms with Crippen LogP contribution < -0.4 is 4.31 Å². The fourth-order valence-corrected chi connectivity index (χ4v) is 3.73. The summed E-state index contributed by atoms with van der Waals surface area (Å²) in [6.07, 6.45) is 4.47. The largest absolute Gasteiger partial charge is 0.339 e. The van der Waals surface area contributed by atoms with E-state index < -0.39 is 10.2 Å². The first-order valence-electron chi connectivity index (χ1n) is 7.78. The lowest BCUT2D eigenvalue weighted by Gasteiger charge is -2.25. The van der Waals surface area contributed by atoms with Crippen molar-refractivity contribution < 1.29 is 13.2 Å². The minimum Gasteiger partial charge on any atom is -0.339 e. The highest BCUT2D eigenvalue weighted by atomic mass is 32.2. The molecule has 0 spiro atoms. The molecule has 1 amide bonds. The fourth-order valence-electron chi connectivity index (χ4n) is 2.85. The maximum atomic E-state index is 12.5. The maximum Gasteiger partial charge on any atom is 0.303 e. The number of amides is 1. The van der Waals surface area contributed by atoms with Crippen LogP contribution in [-0.4, -0.2) is 57.8 Å². The Morgan fingerprint density at radius 3 is 2.00 bits per heavy atom. The highest BCUT2D eigenvalue weighted by molar-refractivity contribution is 7.90. The van der Waals surface area contributed by atoms with Gasteiger partial charge in [-0.3, -0.25) is 9.10 Å². The van der Waals surface area contributed by atoms with Crippen molar-refractivity contribution in [1.82, 2.24) is 9.21 Å². The van der Waals surface area contributed by atoms with Gasteiger partial charge in [0.2, 0.25) is 0 Å². The normalized spacial score (nSPS) is 15.9. The molecular formula is C16H25N3O3S. The zero-order valence-electron chi connectivity index (χ0n) is 14.2. The summed E-state index contributed by atoms with van der Waals surface area (Å²) in [5.41, 5.74) is 1.11. The molecule has 128 valence electrons. The van der Waals surface area contributed by atoms with E-state index in [9.17, 15) is 13.2 Å². The number of carbonyl (C=O) groups excluding carboxylic acids is 1. The fraction of sp³-hybridized carbons (Fsp3) is 0.562. The predicted molar refractivity (Wildman–Crippen MR) is 91.8 cm³/mol. The third-order valence-corrected chi connectivity index (χ3v) is 6.30. The molecule has 0 aliphatic heterocycles. The Bertz CT molecular complexity index is 650. The van der Waals surface area contributed by atoms with Crippen LogP contribution in [-0.2, 0) is 10.2 Å². The molecule has 2 rings (SSSR count). The highest BCUT2D eigenvalue weighted by Crippen LogP contribution is 2.24. The van der Waals surface area contributed by atoms with Crippen molar-refractivity contribution >= 4 is 21.8 Å². The molecule has 0 aromatic heterocycles. The van der Waals surface area contributed by atoms with Gasteiger partial charge in [0.25, 0.3) is 5.91 Å². The number of rotatable bonds is 5. The van der Waals surface area contributed by atoms with Gasteiger partial charge in [-0.2, -0.15) is 12.7 Å². The van der Waals surface area contributed by atoms with E-state index in [2.05, 4.69) is 0 Å². The summed E-state index contributed by atoms with van der Waals surface area (Å²) < 4.78 is 26.6. The molecule has 1 aromatic carbocycles. The van der Waals surface area contributed by atoms with Gasteiger partial charge in [0, 0.05) is 39.8 Å². The van der Waals surface area contributed by atoms with Gasteiger partial charge in [0.1, 0.15) is 0 Å². The molecular weight excluding hydrogens is 314 g/mol. The van der Waals surface area contributed by atoms with E-state index in [0.717, 1.165) is 17.1 Å². The molecule has 7 heteroatoms. The van der Waals surface area contributed by atoms with Crippen molar-refractivity contribution in [2.75, 3.05) is 32.5 Å². The van der Waals surface area contributed by atoms with Gasteiger partial charge in [-0.15, -0.1) is 0 Å². The monoisotopic (exact) mass is 339 g/mol. The van der Waals surface area contributed by atoms with E-state index in [0.29, 0.717) is 17.3 Å². The minimum absolute atomic E-state index is 0.0124. The van der Waals surface area contributed by atoms with Gasteiger partial charge in [-0.1, -0.05) is 12.8 Å². The van der Waals surface area contributed by atoms with Crippen molar-refractivity contribution in [2.45, 2.75) is 31.7 Å². The molecule has 0 N–H and O–H groups in total. The Balaban J connectivity index is 2.14. The van der Waals surface area contributed by atoms with Gasteiger partial charge in [0.15, 0.2) is 0 Å². The third kappa shape index (κ3) is 3.67. The van der Waals surface area contributed by atoms with E-state index in [1.54, 1.807) is 24.3 Å². The van der Waals surface area contributed by atoms with Crippen LogP contribution in [0.4, 0.5) is 5.69 Å². The Hall–Kier alpha value is -1.60. The van der Waals surface area contributed by atoms with Crippen molar-refractivity contribution in [2.24, 2.45) is 0 Å². The Labute approximate surface area is 138 Å². The Morgan fingerprint density at radius 1 is 1.00 bits per heavy atom. The van der Waals surface area contributed by atoms with Crippen LogP contribution in [0.25, 0.3) is 0 Å². The quantitative estimate of drug-likeness (QED) is 0.824. The first-order chi connectivity index (χ1) is 10.7. The molecule has 0 unspecified atom stereocenters. The third-order valence-electron chi connectivity index (χ3n) is 4.48. The first kappa shape index (κ1) is 17.7. The van der Waals surface area contributed by atoms with E-state index >= 15 is 0 Å². The zero-order valence-corrected chi connectivity index (χ0v) is 15.0. The molecule has 0 saturated heterocycles. The van der Waals surface area contributed by atoms with Crippen LogP contribution in [0.15, 0.2) is 24.3 Å². The van der Waals surface area contributed by atoms with Crippen molar-refractivity contribution in [3.63, 3.8) is 0 Å². The SMILES string of the molecule is CN(C(=O)c1ccc(N(C)S(=O)(=O)N(C)C)cc1)C1CCCC1. The van der Waals surface area contributed by atoms with Gasteiger partial charge in [-0.25, -0.2) is 0 Å². The Morgan fingerprint density at radius 2 is 1.52 bits per heavy atom. The molecule has 1 aliphatic rings. The summed E-state index contributed by atoms with van der Waals surface area (Å²) in [6, 6.07) is 7.02. The van der Waals surface area contributed by atoms with Gasteiger partial charge in [0.05, 0.1) is 5.69 Å². The highest BCUT2D eigenvalue weighted by Gasteiger charge is 2.25. The molecule has 1 fully saturated rings. The summed E-state index contributed by atoms with van der Waals surface area (Å²) in [4.78, 5) is 14.3. The maximum absolute atomic E-state index is 12.5. The second-order valence-corrected chi connectivity index (χ2v) is 8.33. The lowest BCUT2D eigenvalue weighted by molar-refractivity contribution is 0.0735. The number of benzene rings is 1. The van der Waals surface area contributed by atoms with E-state index in [-0.39, 0.29) is 5.91 Å². The number of hydrogen-bond acceptors (Lipinski definition) is 3. The lowest BCUT2D eigenvalue weighted by atomic mass is 10.1. The summed E-state index contributed by atoms with van der Waals surface area (Å²) in [5.74, 6) is -0.0124. The van der Waals surface area contributed by atoms with Gasteiger partial charge in [-0.05, 0) is 37.1 Å². The second kappa shape index (κ2) is 6.88. The van der Waals surface area contributed by atoms with E-state index in [1.165, 1.54) is 38.3 Å². The zero-order chi connectivity index (χ0) is 17.2.